The van der Waals surface area contributed by atoms with Crippen LogP contribution in [0.25, 0.3) is 0 Å². The maximum Gasteiger partial charge on any atom is 0.255 e. The minimum atomic E-state index is -4.16. The van der Waals surface area contributed by atoms with E-state index in [0.717, 1.165) is 12.1 Å². The van der Waals surface area contributed by atoms with Crippen molar-refractivity contribution in [3.05, 3.63) is 59.2 Å². The van der Waals surface area contributed by atoms with Crippen molar-refractivity contribution in [2.24, 2.45) is 5.92 Å². The number of carbonyl (C=O) groups is 1. The second-order valence-electron chi connectivity index (χ2n) is 6.91. The Morgan fingerprint density at radius 3 is 2.46 bits per heavy atom. The average Bonchev–Trinajstić information content (AvgIpc) is 2.61. The number of hydrogen-bond donors (Lipinski definition) is 3. The predicted octanol–water partition coefficient (Wildman–Crippen LogP) is 2.57. The fraction of sp³-hybridized carbons (Fsp3) is 0.316. The van der Waals surface area contributed by atoms with Gasteiger partial charge in [0.15, 0.2) is 0 Å². The number of halogens is 2. The molecule has 0 heterocycles. The summed E-state index contributed by atoms with van der Waals surface area (Å²) in [6.07, 6.45) is 0.558. The lowest BCUT2D eigenvalue weighted by molar-refractivity contribution is 0.0453. The van der Waals surface area contributed by atoms with E-state index in [1.807, 2.05) is 0 Å². The standard InChI is InChI=1S/C19H20F2N2O4S/c1-11-6-14(3-5-16(11)20)23-19(25)13-2-4-17(21)18(9-13)28(26,27)22-10-12-7-15(24)8-12/h2-6,9,12,15,22,24H,7-8,10H2,1H3,(H,23,25). The molecule has 0 spiro atoms. The fourth-order valence-corrected chi connectivity index (χ4v) is 4.17. The lowest BCUT2D eigenvalue weighted by Crippen LogP contribution is -2.38. The Bertz CT molecular complexity index is 1000. The van der Waals surface area contributed by atoms with E-state index in [1.165, 1.54) is 24.3 Å². The van der Waals surface area contributed by atoms with Crippen LogP contribution in [0.1, 0.15) is 28.8 Å². The second-order valence-corrected chi connectivity index (χ2v) is 8.64. The number of rotatable bonds is 6. The number of amides is 1. The molecule has 9 heteroatoms. The molecule has 2 aromatic rings. The third-order valence-corrected chi connectivity index (χ3v) is 6.11. The molecule has 3 rings (SSSR count). The number of sulfonamides is 1. The zero-order valence-electron chi connectivity index (χ0n) is 15.1. The Morgan fingerprint density at radius 1 is 1.14 bits per heavy atom. The molecular formula is C19H20F2N2O4S. The SMILES string of the molecule is Cc1cc(NC(=O)c2ccc(F)c(S(=O)(=O)NCC3CC(O)C3)c2)ccc1F. The van der Waals surface area contributed by atoms with Crippen molar-refractivity contribution < 1.29 is 27.1 Å². The van der Waals surface area contributed by atoms with Crippen molar-refractivity contribution in [3.63, 3.8) is 0 Å². The third kappa shape index (κ3) is 4.54. The van der Waals surface area contributed by atoms with Crippen LogP contribution in [0.3, 0.4) is 0 Å². The van der Waals surface area contributed by atoms with E-state index in [0.29, 0.717) is 24.1 Å². The Labute approximate surface area is 161 Å². The maximum atomic E-state index is 14.1. The van der Waals surface area contributed by atoms with Crippen LogP contribution >= 0.6 is 0 Å². The number of nitrogens with one attached hydrogen (secondary N) is 2. The van der Waals surface area contributed by atoms with Crippen molar-refractivity contribution in [1.29, 1.82) is 0 Å². The molecule has 1 aliphatic rings. The van der Waals surface area contributed by atoms with Crippen molar-refractivity contribution in [2.75, 3.05) is 11.9 Å². The minimum Gasteiger partial charge on any atom is -0.393 e. The molecule has 6 nitrogen and oxygen atoms in total. The zero-order chi connectivity index (χ0) is 20.5. The van der Waals surface area contributed by atoms with E-state index in [2.05, 4.69) is 10.0 Å². The third-order valence-electron chi connectivity index (χ3n) is 4.67. The van der Waals surface area contributed by atoms with E-state index in [4.69, 9.17) is 0 Å². The van der Waals surface area contributed by atoms with Gasteiger partial charge in [-0.05, 0) is 67.6 Å². The Hall–Kier alpha value is -2.36. The van der Waals surface area contributed by atoms with Crippen LogP contribution in [0.5, 0.6) is 0 Å². The highest BCUT2D eigenvalue weighted by atomic mass is 32.2. The molecule has 0 aromatic heterocycles. The molecule has 28 heavy (non-hydrogen) atoms. The van der Waals surface area contributed by atoms with Gasteiger partial charge in [-0.3, -0.25) is 4.79 Å². The van der Waals surface area contributed by atoms with Crippen LogP contribution in [-0.4, -0.2) is 32.1 Å². The van der Waals surface area contributed by atoms with Crippen LogP contribution in [0.4, 0.5) is 14.5 Å². The lowest BCUT2D eigenvalue weighted by Gasteiger charge is -2.31. The summed E-state index contributed by atoms with van der Waals surface area (Å²) in [5, 5.41) is 11.8. The lowest BCUT2D eigenvalue weighted by atomic mass is 9.83. The van der Waals surface area contributed by atoms with E-state index in [9.17, 15) is 27.1 Å². The highest BCUT2D eigenvalue weighted by Crippen LogP contribution is 2.27. The van der Waals surface area contributed by atoms with Gasteiger partial charge in [-0.25, -0.2) is 21.9 Å². The minimum absolute atomic E-state index is 0.000957. The number of aliphatic hydroxyl groups excluding tert-OH is 1. The monoisotopic (exact) mass is 410 g/mol. The first-order valence-electron chi connectivity index (χ1n) is 8.70. The summed E-state index contributed by atoms with van der Waals surface area (Å²) in [5.74, 6) is -2.04. The Balaban J connectivity index is 1.76. The van der Waals surface area contributed by atoms with Gasteiger partial charge in [-0.2, -0.15) is 0 Å². The van der Waals surface area contributed by atoms with Gasteiger partial charge in [0.25, 0.3) is 5.91 Å². The molecule has 0 saturated heterocycles. The molecule has 1 amide bonds. The van der Waals surface area contributed by atoms with Gasteiger partial charge in [0.1, 0.15) is 16.5 Å². The summed E-state index contributed by atoms with van der Waals surface area (Å²) in [5.41, 5.74) is 0.618. The number of anilines is 1. The van der Waals surface area contributed by atoms with Crippen LogP contribution in [0.2, 0.25) is 0 Å². The van der Waals surface area contributed by atoms with Crippen molar-refractivity contribution in [2.45, 2.75) is 30.8 Å². The average molecular weight is 410 g/mol. The van der Waals surface area contributed by atoms with Gasteiger partial charge < -0.3 is 10.4 Å². The Kier molecular flexibility index (Phi) is 5.78. The number of aryl methyl sites for hydroxylation is 1. The summed E-state index contributed by atoms with van der Waals surface area (Å²) >= 11 is 0. The molecule has 1 saturated carbocycles. The van der Waals surface area contributed by atoms with Crippen LogP contribution in [0.15, 0.2) is 41.3 Å². The summed E-state index contributed by atoms with van der Waals surface area (Å²) in [6.45, 7) is 1.63. The quantitative estimate of drug-likeness (QED) is 0.682. The van der Waals surface area contributed by atoms with E-state index >= 15 is 0 Å². The first-order chi connectivity index (χ1) is 13.2. The molecule has 0 bridgehead atoms. The maximum absolute atomic E-state index is 14.1. The van der Waals surface area contributed by atoms with Gasteiger partial charge in [0, 0.05) is 17.8 Å². The summed E-state index contributed by atoms with van der Waals surface area (Å²) in [7, 11) is -4.16. The first-order valence-corrected chi connectivity index (χ1v) is 10.2. The molecule has 3 N–H and O–H groups in total. The molecule has 2 aromatic carbocycles. The molecular weight excluding hydrogens is 390 g/mol. The summed E-state index contributed by atoms with van der Waals surface area (Å²) < 4.78 is 54.6. The molecule has 0 radical (unpaired) electrons. The van der Waals surface area contributed by atoms with E-state index < -0.39 is 38.6 Å². The van der Waals surface area contributed by atoms with Crippen molar-refractivity contribution in [3.8, 4) is 0 Å². The van der Waals surface area contributed by atoms with Gasteiger partial charge >= 0.3 is 0 Å². The second kappa shape index (κ2) is 7.94. The first kappa shape index (κ1) is 20.4. The van der Waals surface area contributed by atoms with E-state index in [-0.39, 0.29) is 18.0 Å². The number of aliphatic hydroxyl groups is 1. The zero-order valence-corrected chi connectivity index (χ0v) is 15.9. The highest BCUT2D eigenvalue weighted by Gasteiger charge is 2.29. The molecule has 0 aliphatic heterocycles. The topological polar surface area (TPSA) is 95.5 Å². The summed E-state index contributed by atoms with van der Waals surface area (Å²) in [6, 6.07) is 7.04. The summed E-state index contributed by atoms with van der Waals surface area (Å²) in [4.78, 5) is 11.8. The predicted molar refractivity (Wildman–Crippen MR) is 99.4 cm³/mol. The molecule has 150 valence electrons. The van der Waals surface area contributed by atoms with Gasteiger partial charge in [0.2, 0.25) is 10.0 Å². The van der Waals surface area contributed by atoms with E-state index in [1.54, 1.807) is 6.92 Å². The number of hydrogen-bond acceptors (Lipinski definition) is 4. The van der Waals surface area contributed by atoms with Crippen LogP contribution in [0, 0.1) is 24.5 Å². The molecule has 1 fully saturated rings. The van der Waals surface area contributed by atoms with Crippen LogP contribution in [-0.2, 0) is 10.0 Å². The fourth-order valence-electron chi connectivity index (χ4n) is 2.95. The molecule has 1 aliphatic carbocycles. The van der Waals surface area contributed by atoms with Gasteiger partial charge in [-0.1, -0.05) is 0 Å². The van der Waals surface area contributed by atoms with Gasteiger partial charge in [-0.15, -0.1) is 0 Å². The van der Waals surface area contributed by atoms with Crippen molar-refractivity contribution in [1.82, 2.24) is 4.72 Å². The molecule has 0 atom stereocenters. The normalized spacial score (nSPS) is 19.1. The Morgan fingerprint density at radius 2 is 1.82 bits per heavy atom. The smallest absolute Gasteiger partial charge is 0.255 e. The number of carbonyl (C=O) groups excluding carboxylic acids is 1. The van der Waals surface area contributed by atoms with Crippen molar-refractivity contribution >= 4 is 21.6 Å². The number of benzene rings is 2. The largest absolute Gasteiger partial charge is 0.393 e. The molecule has 0 unspecified atom stereocenters. The van der Waals surface area contributed by atoms with Gasteiger partial charge in [0.05, 0.1) is 6.10 Å². The highest BCUT2D eigenvalue weighted by molar-refractivity contribution is 7.89. The van der Waals surface area contributed by atoms with Crippen LogP contribution < -0.4 is 10.0 Å².